The van der Waals surface area contributed by atoms with Gasteiger partial charge in [0.1, 0.15) is 10.7 Å². The standard InChI is InChI=1S/C14H16N6O2S/c1-7-9(8(2)20-11(17-7)3-12(21)19-20)5-16-14(22)10-6-23-13(4-15)18-10/h3,6H,4-5,15H2,1-2H3,(H,16,22)(H,19,21). The van der Waals surface area contributed by atoms with Crippen LogP contribution in [0.1, 0.15) is 32.4 Å². The molecule has 9 heteroatoms. The first-order chi connectivity index (χ1) is 11.0. The van der Waals surface area contributed by atoms with Crippen molar-refractivity contribution in [3.63, 3.8) is 0 Å². The minimum Gasteiger partial charge on any atom is -0.346 e. The number of hydrogen-bond acceptors (Lipinski definition) is 6. The lowest BCUT2D eigenvalue weighted by Gasteiger charge is -2.11. The smallest absolute Gasteiger partial charge is 0.271 e. The monoisotopic (exact) mass is 332 g/mol. The summed E-state index contributed by atoms with van der Waals surface area (Å²) >= 11 is 1.36. The normalized spacial score (nSPS) is 11.1. The van der Waals surface area contributed by atoms with Crippen LogP contribution in [0, 0.1) is 13.8 Å². The SMILES string of the molecule is Cc1nc2cc(=O)[nH]n2c(C)c1CNC(=O)c1csc(CN)n1. The maximum absolute atomic E-state index is 12.1. The highest BCUT2D eigenvalue weighted by Crippen LogP contribution is 2.14. The molecule has 0 saturated carbocycles. The third-order valence-corrected chi connectivity index (χ3v) is 4.46. The van der Waals surface area contributed by atoms with E-state index in [4.69, 9.17) is 5.73 Å². The first kappa shape index (κ1) is 15.4. The van der Waals surface area contributed by atoms with Crippen LogP contribution in [-0.4, -0.2) is 25.5 Å². The van der Waals surface area contributed by atoms with Gasteiger partial charge in [-0.25, -0.2) is 14.5 Å². The largest absolute Gasteiger partial charge is 0.346 e. The van der Waals surface area contributed by atoms with E-state index in [2.05, 4.69) is 20.4 Å². The Morgan fingerprint density at radius 3 is 2.91 bits per heavy atom. The number of thiazole rings is 1. The van der Waals surface area contributed by atoms with Crippen molar-refractivity contribution in [2.24, 2.45) is 5.73 Å². The van der Waals surface area contributed by atoms with Crippen LogP contribution in [0.4, 0.5) is 0 Å². The number of carbonyl (C=O) groups is 1. The number of carbonyl (C=O) groups excluding carboxylic acids is 1. The van der Waals surface area contributed by atoms with E-state index in [1.807, 2.05) is 13.8 Å². The van der Waals surface area contributed by atoms with Gasteiger partial charge >= 0.3 is 0 Å². The predicted molar refractivity (Wildman–Crippen MR) is 86.5 cm³/mol. The molecule has 0 unspecified atom stereocenters. The van der Waals surface area contributed by atoms with Crippen molar-refractivity contribution in [2.45, 2.75) is 26.9 Å². The molecular formula is C14H16N6O2S. The maximum Gasteiger partial charge on any atom is 0.271 e. The third-order valence-electron chi connectivity index (χ3n) is 3.59. The lowest BCUT2D eigenvalue weighted by Crippen LogP contribution is -2.25. The molecule has 8 nitrogen and oxygen atoms in total. The summed E-state index contributed by atoms with van der Waals surface area (Å²) in [6.07, 6.45) is 0. The van der Waals surface area contributed by atoms with Crippen molar-refractivity contribution < 1.29 is 4.79 Å². The Hall–Kier alpha value is -2.52. The van der Waals surface area contributed by atoms with Crippen molar-refractivity contribution >= 4 is 22.9 Å². The van der Waals surface area contributed by atoms with E-state index in [1.165, 1.54) is 17.4 Å². The van der Waals surface area contributed by atoms with E-state index in [0.717, 1.165) is 22.0 Å². The molecule has 1 amide bonds. The summed E-state index contributed by atoms with van der Waals surface area (Å²) in [5.41, 5.74) is 8.66. The lowest BCUT2D eigenvalue weighted by molar-refractivity contribution is 0.0946. The molecule has 0 aliphatic rings. The molecular weight excluding hydrogens is 316 g/mol. The fourth-order valence-corrected chi connectivity index (χ4v) is 3.03. The van der Waals surface area contributed by atoms with Gasteiger partial charge in [0.25, 0.3) is 11.5 Å². The van der Waals surface area contributed by atoms with Gasteiger partial charge < -0.3 is 11.1 Å². The van der Waals surface area contributed by atoms with Gasteiger partial charge in [-0.15, -0.1) is 11.3 Å². The summed E-state index contributed by atoms with van der Waals surface area (Å²) in [7, 11) is 0. The van der Waals surface area contributed by atoms with Gasteiger partial charge in [0.05, 0.1) is 0 Å². The molecule has 0 fully saturated rings. The van der Waals surface area contributed by atoms with Crippen LogP contribution in [0.2, 0.25) is 0 Å². The zero-order valence-corrected chi connectivity index (χ0v) is 13.5. The van der Waals surface area contributed by atoms with E-state index < -0.39 is 0 Å². The first-order valence-electron chi connectivity index (χ1n) is 7.00. The molecule has 0 aliphatic heterocycles. The lowest BCUT2D eigenvalue weighted by atomic mass is 10.1. The van der Waals surface area contributed by atoms with Crippen LogP contribution in [0.25, 0.3) is 5.65 Å². The summed E-state index contributed by atoms with van der Waals surface area (Å²) in [6.45, 7) is 4.34. The summed E-state index contributed by atoms with van der Waals surface area (Å²) in [5.74, 6) is -0.263. The number of fused-ring (bicyclic) bond motifs is 1. The molecule has 0 aliphatic carbocycles. The number of aromatic amines is 1. The fraction of sp³-hybridized carbons (Fsp3) is 0.286. The van der Waals surface area contributed by atoms with Gasteiger partial charge in [-0.2, -0.15) is 0 Å². The van der Waals surface area contributed by atoms with E-state index in [0.29, 0.717) is 24.4 Å². The Kier molecular flexibility index (Phi) is 3.97. The number of hydrogen-bond donors (Lipinski definition) is 3. The Balaban J connectivity index is 1.83. The Morgan fingerprint density at radius 1 is 1.43 bits per heavy atom. The quantitative estimate of drug-likeness (QED) is 0.642. The van der Waals surface area contributed by atoms with Crippen LogP contribution in [0.3, 0.4) is 0 Å². The Bertz CT molecular complexity index is 939. The number of amides is 1. The second-order valence-corrected chi connectivity index (χ2v) is 6.03. The molecule has 3 heterocycles. The highest BCUT2D eigenvalue weighted by atomic mass is 32.1. The van der Waals surface area contributed by atoms with Crippen molar-refractivity contribution in [1.29, 1.82) is 0 Å². The molecule has 23 heavy (non-hydrogen) atoms. The average Bonchev–Trinajstić information content (AvgIpc) is 3.12. The molecule has 4 N–H and O–H groups in total. The molecule has 3 rings (SSSR count). The number of nitrogens with one attached hydrogen (secondary N) is 2. The predicted octanol–water partition coefficient (Wildman–Crippen LogP) is 0.485. The van der Waals surface area contributed by atoms with E-state index in [9.17, 15) is 9.59 Å². The molecule has 0 bridgehead atoms. The van der Waals surface area contributed by atoms with Crippen LogP contribution < -0.4 is 16.6 Å². The van der Waals surface area contributed by atoms with Gasteiger partial charge in [-0.05, 0) is 13.8 Å². The Morgan fingerprint density at radius 2 is 2.22 bits per heavy atom. The van der Waals surface area contributed by atoms with E-state index >= 15 is 0 Å². The second kappa shape index (κ2) is 5.94. The molecule has 3 aromatic rings. The second-order valence-electron chi connectivity index (χ2n) is 5.09. The number of aryl methyl sites for hydroxylation is 2. The molecule has 0 spiro atoms. The molecule has 0 saturated heterocycles. The Labute approximate surface area is 135 Å². The van der Waals surface area contributed by atoms with E-state index in [1.54, 1.807) is 9.90 Å². The summed E-state index contributed by atoms with van der Waals surface area (Å²) in [5, 5.41) is 7.91. The van der Waals surface area contributed by atoms with Crippen LogP contribution in [0.5, 0.6) is 0 Å². The van der Waals surface area contributed by atoms with E-state index in [-0.39, 0.29) is 11.5 Å². The molecule has 120 valence electrons. The zero-order chi connectivity index (χ0) is 16.6. The van der Waals surface area contributed by atoms with Crippen LogP contribution in [-0.2, 0) is 13.1 Å². The van der Waals surface area contributed by atoms with Crippen LogP contribution >= 0.6 is 11.3 Å². The fourth-order valence-electron chi connectivity index (χ4n) is 2.38. The minimum atomic E-state index is -0.263. The van der Waals surface area contributed by atoms with Gasteiger partial charge in [-0.1, -0.05) is 0 Å². The summed E-state index contributed by atoms with van der Waals surface area (Å²) in [4.78, 5) is 32.1. The average molecular weight is 332 g/mol. The highest BCUT2D eigenvalue weighted by molar-refractivity contribution is 7.09. The van der Waals surface area contributed by atoms with Gasteiger partial charge in [0.2, 0.25) is 0 Å². The number of H-pyrrole nitrogens is 1. The van der Waals surface area contributed by atoms with Crippen molar-refractivity contribution in [1.82, 2.24) is 24.9 Å². The number of rotatable bonds is 4. The molecule has 0 atom stereocenters. The molecule has 0 radical (unpaired) electrons. The summed E-state index contributed by atoms with van der Waals surface area (Å²) < 4.78 is 1.62. The molecule has 0 aromatic carbocycles. The van der Waals surface area contributed by atoms with Crippen LogP contribution in [0.15, 0.2) is 16.2 Å². The molecule has 3 aromatic heterocycles. The van der Waals surface area contributed by atoms with Gasteiger partial charge in [0, 0.05) is 41.5 Å². The summed E-state index contributed by atoms with van der Waals surface area (Å²) in [6, 6.07) is 1.44. The number of nitrogens with two attached hydrogens (primary N) is 1. The van der Waals surface area contributed by atoms with Crippen molar-refractivity contribution in [3.8, 4) is 0 Å². The minimum absolute atomic E-state index is 0.210. The topological polar surface area (TPSA) is 118 Å². The first-order valence-corrected chi connectivity index (χ1v) is 7.88. The van der Waals surface area contributed by atoms with Crippen molar-refractivity contribution in [2.75, 3.05) is 0 Å². The van der Waals surface area contributed by atoms with Crippen molar-refractivity contribution in [3.05, 3.63) is 49.5 Å². The maximum atomic E-state index is 12.1. The number of nitrogens with zero attached hydrogens (tertiary/aromatic N) is 3. The van der Waals surface area contributed by atoms with Gasteiger partial charge in [-0.3, -0.25) is 14.7 Å². The zero-order valence-electron chi connectivity index (χ0n) is 12.7. The van der Waals surface area contributed by atoms with Gasteiger partial charge in [0.15, 0.2) is 5.65 Å². The highest BCUT2D eigenvalue weighted by Gasteiger charge is 2.14. The third kappa shape index (κ3) is 2.88. The number of aromatic nitrogens is 4.